The number of hydrogen-bond acceptors (Lipinski definition) is 5. The van der Waals surface area contributed by atoms with Crippen LogP contribution in [-0.2, 0) is 4.79 Å². The average Bonchev–Trinajstić information content (AvgIpc) is 3.59. The minimum atomic E-state index is -1.33. The number of nitrogens with one attached hydrogen (secondary N) is 2. The summed E-state index contributed by atoms with van der Waals surface area (Å²) >= 11 is 0. The van der Waals surface area contributed by atoms with Gasteiger partial charge in [-0.1, -0.05) is 11.6 Å². The van der Waals surface area contributed by atoms with E-state index in [0.29, 0.717) is 53.5 Å². The third kappa shape index (κ3) is 4.72. The largest absolute Gasteiger partial charge is 0.493 e. The van der Waals surface area contributed by atoms with Crippen LogP contribution in [0.3, 0.4) is 0 Å². The second-order valence-corrected chi connectivity index (χ2v) is 9.67. The fourth-order valence-electron chi connectivity index (χ4n) is 4.64. The number of carbonyl (C=O) groups is 2. The highest BCUT2D eigenvalue weighted by Crippen LogP contribution is 2.37. The topological polar surface area (TPSA) is 100 Å². The molecular weight excluding hydrogens is 449 g/mol. The molecule has 1 aliphatic carbocycles. The Bertz CT molecular complexity index is 1290. The number of halogens is 1. The number of fused-ring (bicyclic) bond motifs is 1. The molecule has 1 saturated carbocycles. The van der Waals surface area contributed by atoms with Crippen LogP contribution in [0.4, 0.5) is 4.39 Å². The maximum atomic E-state index is 14.7. The van der Waals surface area contributed by atoms with E-state index in [0.717, 1.165) is 16.9 Å². The molecule has 2 aliphatic rings. The molecule has 5 rings (SSSR count). The Kier molecular flexibility index (Phi) is 6.17. The van der Waals surface area contributed by atoms with Crippen LogP contribution in [0.5, 0.6) is 5.75 Å². The standard InChI is InChI=1S/C26H30FN5O3/c1-14-4-7-21(35-12-17-5-6-17)18(10-14)23-25-24(29-13-28-23)22(15(2)30-25)26(34)31-20-8-9-32(16(3)33)11-19(20)27/h4,7,10,13,17,19-20,30H,5-6,8-9,11-12H2,1-3H3,(H,31,34)/t19-,20+/m1/s1. The summed E-state index contributed by atoms with van der Waals surface area (Å²) in [6.07, 6.45) is 2.87. The van der Waals surface area contributed by atoms with E-state index in [4.69, 9.17) is 4.74 Å². The van der Waals surface area contributed by atoms with E-state index in [9.17, 15) is 14.0 Å². The van der Waals surface area contributed by atoms with Crippen LogP contribution in [0.25, 0.3) is 22.3 Å². The van der Waals surface area contributed by atoms with Gasteiger partial charge in [-0.25, -0.2) is 14.4 Å². The van der Waals surface area contributed by atoms with Crippen molar-refractivity contribution in [3.8, 4) is 17.0 Å². The van der Waals surface area contributed by atoms with Crippen LogP contribution < -0.4 is 10.1 Å². The molecule has 9 heteroatoms. The molecular formula is C26H30FN5O3. The second-order valence-electron chi connectivity index (χ2n) is 9.67. The molecule has 0 radical (unpaired) electrons. The SMILES string of the molecule is CC(=O)N1CC[C@H](NC(=O)c2c(C)[nH]c3c(-c4cc(C)ccc4OCC4CC4)ncnc23)[C@H](F)C1. The Morgan fingerprint density at radius 3 is 2.74 bits per heavy atom. The highest BCUT2D eigenvalue weighted by atomic mass is 19.1. The Hall–Kier alpha value is -3.49. The first kappa shape index (κ1) is 23.3. The highest BCUT2D eigenvalue weighted by Gasteiger charge is 2.33. The number of aryl methyl sites for hydroxylation is 2. The van der Waals surface area contributed by atoms with Gasteiger partial charge < -0.3 is 19.9 Å². The van der Waals surface area contributed by atoms with Crippen LogP contribution in [-0.4, -0.2) is 63.6 Å². The number of aromatic nitrogens is 3. The smallest absolute Gasteiger partial charge is 0.255 e. The summed E-state index contributed by atoms with van der Waals surface area (Å²) in [7, 11) is 0. The monoisotopic (exact) mass is 479 g/mol. The lowest BCUT2D eigenvalue weighted by molar-refractivity contribution is -0.131. The van der Waals surface area contributed by atoms with E-state index in [1.165, 1.54) is 31.0 Å². The molecule has 0 bridgehead atoms. The number of alkyl halides is 1. The van der Waals surface area contributed by atoms with Crippen molar-refractivity contribution in [3.63, 3.8) is 0 Å². The molecule has 3 aromatic rings. The summed E-state index contributed by atoms with van der Waals surface area (Å²) in [4.78, 5) is 38.5. The molecule has 2 N–H and O–H groups in total. The summed E-state index contributed by atoms with van der Waals surface area (Å²) in [5.41, 5.74) is 4.69. The molecule has 2 amide bonds. The first-order chi connectivity index (χ1) is 16.8. The normalized spacial score (nSPS) is 20.2. The lowest BCUT2D eigenvalue weighted by Crippen LogP contribution is -2.53. The molecule has 184 valence electrons. The molecule has 35 heavy (non-hydrogen) atoms. The zero-order valence-electron chi connectivity index (χ0n) is 20.2. The Morgan fingerprint density at radius 1 is 1.23 bits per heavy atom. The van der Waals surface area contributed by atoms with E-state index >= 15 is 0 Å². The van der Waals surface area contributed by atoms with Gasteiger partial charge in [0.2, 0.25) is 5.91 Å². The van der Waals surface area contributed by atoms with Crippen molar-refractivity contribution < 1.29 is 18.7 Å². The van der Waals surface area contributed by atoms with Gasteiger partial charge in [0.25, 0.3) is 5.91 Å². The van der Waals surface area contributed by atoms with Crippen LogP contribution in [0.15, 0.2) is 24.5 Å². The predicted molar refractivity (Wildman–Crippen MR) is 130 cm³/mol. The number of aromatic amines is 1. The van der Waals surface area contributed by atoms with Gasteiger partial charge in [0.15, 0.2) is 0 Å². The Balaban J connectivity index is 1.45. The number of rotatable bonds is 6. The van der Waals surface area contributed by atoms with Gasteiger partial charge in [-0.05, 0) is 51.2 Å². The van der Waals surface area contributed by atoms with Crippen molar-refractivity contribution >= 4 is 22.8 Å². The molecule has 1 saturated heterocycles. The van der Waals surface area contributed by atoms with Crippen LogP contribution in [0, 0.1) is 19.8 Å². The fourth-order valence-corrected chi connectivity index (χ4v) is 4.64. The van der Waals surface area contributed by atoms with Crippen LogP contribution in [0.2, 0.25) is 0 Å². The molecule has 8 nitrogen and oxygen atoms in total. The predicted octanol–water partition coefficient (Wildman–Crippen LogP) is 3.72. The van der Waals surface area contributed by atoms with Crippen molar-refractivity contribution in [3.05, 3.63) is 41.3 Å². The number of ether oxygens (including phenoxy) is 1. The van der Waals surface area contributed by atoms with E-state index < -0.39 is 18.1 Å². The van der Waals surface area contributed by atoms with E-state index in [-0.39, 0.29) is 12.5 Å². The van der Waals surface area contributed by atoms with Crippen molar-refractivity contribution in [1.29, 1.82) is 0 Å². The van der Waals surface area contributed by atoms with Gasteiger partial charge in [0.05, 0.1) is 30.3 Å². The number of hydrogen-bond donors (Lipinski definition) is 2. The van der Waals surface area contributed by atoms with Gasteiger partial charge in [0.1, 0.15) is 29.5 Å². The molecule has 3 heterocycles. The van der Waals surface area contributed by atoms with Crippen molar-refractivity contribution in [2.45, 2.75) is 52.2 Å². The minimum absolute atomic E-state index is 0.0174. The first-order valence-corrected chi connectivity index (χ1v) is 12.1. The molecule has 1 aliphatic heterocycles. The number of nitrogens with zero attached hydrogens (tertiary/aromatic N) is 3. The van der Waals surface area contributed by atoms with Crippen molar-refractivity contribution in [1.82, 2.24) is 25.2 Å². The molecule has 2 fully saturated rings. The summed E-state index contributed by atoms with van der Waals surface area (Å²) in [6, 6.07) is 5.33. The molecule has 1 aromatic carbocycles. The lowest BCUT2D eigenvalue weighted by Gasteiger charge is -2.34. The lowest BCUT2D eigenvalue weighted by atomic mass is 10.0. The highest BCUT2D eigenvalue weighted by molar-refractivity contribution is 6.09. The quantitative estimate of drug-likeness (QED) is 0.561. The third-order valence-electron chi connectivity index (χ3n) is 6.86. The van der Waals surface area contributed by atoms with Crippen LogP contribution >= 0.6 is 0 Å². The molecule has 0 unspecified atom stereocenters. The van der Waals surface area contributed by atoms with E-state index in [1.807, 2.05) is 25.1 Å². The molecule has 2 atom stereocenters. The van der Waals surface area contributed by atoms with E-state index in [2.05, 4.69) is 20.3 Å². The summed E-state index contributed by atoms with van der Waals surface area (Å²) in [5.74, 6) is 0.806. The number of carbonyl (C=O) groups excluding carboxylic acids is 2. The second kappa shape index (κ2) is 9.28. The zero-order valence-corrected chi connectivity index (χ0v) is 20.2. The number of H-pyrrole nitrogens is 1. The van der Waals surface area contributed by atoms with Gasteiger partial charge in [-0.15, -0.1) is 0 Å². The number of likely N-dealkylation sites (tertiary alicyclic amines) is 1. The maximum Gasteiger partial charge on any atom is 0.255 e. The molecule has 0 spiro atoms. The van der Waals surface area contributed by atoms with Gasteiger partial charge in [-0.3, -0.25) is 9.59 Å². The maximum absolute atomic E-state index is 14.7. The van der Waals surface area contributed by atoms with Gasteiger partial charge in [0, 0.05) is 24.7 Å². The van der Waals surface area contributed by atoms with Gasteiger partial charge in [-0.2, -0.15) is 0 Å². The minimum Gasteiger partial charge on any atom is -0.493 e. The zero-order chi connectivity index (χ0) is 24.7. The number of piperidine rings is 1. The summed E-state index contributed by atoms with van der Waals surface area (Å²) in [5, 5.41) is 2.83. The van der Waals surface area contributed by atoms with Gasteiger partial charge >= 0.3 is 0 Å². The Labute approximate surface area is 203 Å². The summed E-state index contributed by atoms with van der Waals surface area (Å²) < 4.78 is 20.8. The number of amides is 2. The molecule has 2 aromatic heterocycles. The number of benzene rings is 1. The Morgan fingerprint density at radius 2 is 2.03 bits per heavy atom. The fraction of sp³-hybridized carbons (Fsp3) is 0.462. The van der Waals surface area contributed by atoms with E-state index in [1.54, 1.807) is 6.92 Å². The van der Waals surface area contributed by atoms with Crippen molar-refractivity contribution in [2.75, 3.05) is 19.7 Å². The first-order valence-electron chi connectivity index (χ1n) is 12.1. The summed E-state index contributed by atoms with van der Waals surface area (Å²) in [6.45, 7) is 6.30. The third-order valence-corrected chi connectivity index (χ3v) is 6.86. The average molecular weight is 480 g/mol. The van der Waals surface area contributed by atoms with Crippen LogP contribution in [0.1, 0.15) is 47.8 Å². The van der Waals surface area contributed by atoms with Crippen molar-refractivity contribution in [2.24, 2.45) is 5.92 Å².